The van der Waals surface area contributed by atoms with Gasteiger partial charge in [-0.3, -0.25) is 14.5 Å². The summed E-state index contributed by atoms with van der Waals surface area (Å²) < 4.78 is 11.5. The number of esters is 2. The fourth-order valence-corrected chi connectivity index (χ4v) is 7.39. The molecule has 0 bridgehead atoms. The molecular weight excluding hydrogens is 701 g/mol. The lowest BCUT2D eigenvalue weighted by Gasteiger charge is -2.23. The maximum absolute atomic E-state index is 12.9. The van der Waals surface area contributed by atoms with E-state index in [9.17, 15) is 9.59 Å². The number of ether oxygens (including phenoxy) is 2. The lowest BCUT2D eigenvalue weighted by atomic mass is 10.1. The molecule has 0 saturated carbocycles. The van der Waals surface area contributed by atoms with Crippen LogP contribution in [0.3, 0.4) is 0 Å². The number of carbonyl (C=O) groups excluding carboxylic acids is 2. The van der Waals surface area contributed by atoms with Crippen molar-refractivity contribution < 1.29 is 19.1 Å². The number of anilines is 3. The predicted octanol–water partition coefficient (Wildman–Crippen LogP) is 12.5. The molecule has 292 valence electrons. The minimum Gasteiger partial charge on any atom is -0.462 e. The van der Waals surface area contributed by atoms with Crippen LogP contribution in [0.15, 0.2) is 71.0 Å². The standard InChI is InChI=1S/C43H64N4O4S2/c1-5-7-9-11-13-15-17-21-27-35(3)50-39(48)33-52-42-44-41(47(37-29-23-19-24-30-37)38-31-25-20-26-32-38)45-43(46-42)53-34-40(49)51-36(4)28-22-18-16-14-12-10-8-6-2/h19-20,23-26,29-32,35-36H,5-18,21-22,27-28,33-34H2,1-4H3/t35-,36+. The van der Waals surface area contributed by atoms with Crippen molar-refractivity contribution in [1.82, 2.24) is 15.0 Å². The van der Waals surface area contributed by atoms with E-state index in [1.807, 2.05) is 79.4 Å². The van der Waals surface area contributed by atoms with Crippen molar-refractivity contribution in [3.05, 3.63) is 60.7 Å². The zero-order valence-corrected chi connectivity index (χ0v) is 34.4. The Morgan fingerprint density at radius 3 is 1.28 bits per heavy atom. The number of thioether (sulfide) groups is 2. The molecule has 3 rings (SSSR count). The maximum Gasteiger partial charge on any atom is 0.316 e. The van der Waals surface area contributed by atoms with Crippen LogP contribution in [0.2, 0.25) is 0 Å². The van der Waals surface area contributed by atoms with Gasteiger partial charge in [0.1, 0.15) is 0 Å². The number of rotatable bonds is 29. The van der Waals surface area contributed by atoms with Gasteiger partial charge in [-0.05, 0) is 63.8 Å². The molecule has 0 saturated heterocycles. The number of hydrogen-bond acceptors (Lipinski definition) is 10. The minimum atomic E-state index is -0.296. The highest BCUT2D eigenvalue weighted by molar-refractivity contribution is 8.00. The second-order valence-corrected chi connectivity index (χ2v) is 15.8. The van der Waals surface area contributed by atoms with Gasteiger partial charge in [0.05, 0.1) is 23.7 Å². The monoisotopic (exact) mass is 764 g/mol. The Bertz CT molecular complexity index is 1310. The Labute approximate surface area is 328 Å². The molecule has 0 aliphatic heterocycles. The van der Waals surface area contributed by atoms with Crippen LogP contribution < -0.4 is 4.90 Å². The zero-order chi connectivity index (χ0) is 37.9. The molecule has 10 heteroatoms. The third kappa shape index (κ3) is 19.2. The van der Waals surface area contributed by atoms with Gasteiger partial charge < -0.3 is 9.47 Å². The van der Waals surface area contributed by atoms with Crippen molar-refractivity contribution >= 4 is 52.8 Å². The van der Waals surface area contributed by atoms with Crippen molar-refractivity contribution in [2.45, 2.75) is 166 Å². The Kier molecular flexibility index (Phi) is 23.0. The molecule has 0 unspecified atom stereocenters. The number of nitrogens with zero attached hydrogens (tertiary/aromatic N) is 4. The summed E-state index contributed by atoms with van der Waals surface area (Å²) in [7, 11) is 0. The molecule has 2 aromatic carbocycles. The van der Waals surface area contributed by atoms with Crippen molar-refractivity contribution in [2.24, 2.45) is 0 Å². The van der Waals surface area contributed by atoms with Crippen LogP contribution >= 0.6 is 23.5 Å². The van der Waals surface area contributed by atoms with E-state index in [0.29, 0.717) is 16.3 Å². The van der Waals surface area contributed by atoms with Gasteiger partial charge in [0, 0.05) is 11.4 Å². The van der Waals surface area contributed by atoms with Crippen LogP contribution in [-0.4, -0.2) is 50.6 Å². The SMILES string of the molecule is CCCCCCCCCC[C@@H](C)OC(=O)CSc1nc(SCC(=O)O[C@@H](C)CCCCCCCCCC)nc(N(c2ccccc2)c2ccccc2)n1. The summed E-state index contributed by atoms with van der Waals surface area (Å²) in [5.74, 6) is -0.0463. The molecule has 0 fully saturated rings. The first-order chi connectivity index (χ1) is 25.9. The van der Waals surface area contributed by atoms with Crippen LogP contribution in [0.4, 0.5) is 17.3 Å². The summed E-state index contributed by atoms with van der Waals surface area (Å²) in [4.78, 5) is 42.0. The van der Waals surface area contributed by atoms with E-state index in [4.69, 9.17) is 19.4 Å². The smallest absolute Gasteiger partial charge is 0.316 e. The van der Waals surface area contributed by atoms with E-state index in [2.05, 4.69) is 18.8 Å². The average molecular weight is 765 g/mol. The number of para-hydroxylation sites is 2. The van der Waals surface area contributed by atoms with Gasteiger partial charge in [-0.25, -0.2) is 0 Å². The van der Waals surface area contributed by atoms with Crippen molar-refractivity contribution in [3.8, 4) is 0 Å². The fourth-order valence-electron chi connectivity index (χ4n) is 6.10. The van der Waals surface area contributed by atoms with Crippen molar-refractivity contribution in [2.75, 3.05) is 16.4 Å². The molecule has 2 atom stereocenters. The molecule has 0 aliphatic rings. The first kappa shape index (κ1) is 44.3. The molecule has 0 amide bonds. The third-order valence-corrected chi connectivity index (χ3v) is 10.7. The average Bonchev–Trinajstić information content (AvgIpc) is 3.16. The first-order valence-electron chi connectivity index (χ1n) is 20.2. The number of unbranched alkanes of at least 4 members (excludes halogenated alkanes) is 14. The highest BCUT2D eigenvalue weighted by Crippen LogP contribution is 2.33. The Hall–Kier alpha value is -3.11. The third-order valence-electron chi connectivity index (χ3n) is 9.04. The molecule has 53 heavy (non-hydrogen) atoms. The van der Waals surface area contributed by atoms with Gasteiger partial charge >= 0.3 is 11.9 Å². The molecule has 1 aromatic heterocycles. The van der Waals surface area contributed by atoms with E-state index in [0.717, 1.165) is 37.1 Å². The second-order valence-electron chi connectivity index (χ2n) is 13.9. The zero-order valence-electron chi connectivity index (χ0n) is 32.8. The number of carbonyl (C=O) groups is 2. The Morgan fingerprint density at radius 2 is 0.906 bits per heavy atom. The topological polar surface area (TPSA) is 94.5 Å². The van der Waals surface area contributed by atoms with E-state index in [-0.39, 0.29) is 35.7 Å². The Balaban J connectivity index is 1.61. The van der Waals surface area contributed by atoms with Crippen molar-refractivity contribution in [3.63, 3.8) is 0 Å². The molecule has 3 aromatic rings. The highest BCUT2D eigenvalue weighted by atomic mass is 32.2. The summed E-state index contributed by atoms with van der Waals surface area (Å²) in [6, 6.07) is 19.8. The first-order valence-corrected chi connectivity index (χ1v) is 22.2. The number of hydrogen-bond donors (Lipinski definition) is 0. The van der Waals surface area contributed by atoms with E-state index < -0.39 is 0 Å². The molecule has 8 nitrogen and oxygen atoms in total. The molecule has 0 aliphatic carbocycles. The normalized spacial score (nSPS) is 12.3. The van der Waals surface area contributed by atoms with Crippen LogP contribution in [0.25, 0.3) is 0 Å². The van der Waals surface area contributed by atoms with E-state index >= 15 is 0 Å². The fraction of sp³-hybridized carbons (Fsp3) is 0.605. The second kappa shape index (κ2) is 27.5. The van der Waals surface area contributed by atoms with Crippen molar-refractivity contribution in [1.29, 1.82) is 0 Å². The number of aromatic nitrogens is 3. The van der Waals surface area contributed by atoms with Gasteiger partial charge in [-0.1, -0.05) is 164 Å². The summed E-state index contributed by atoms with van der Waals surface area (Å²) in [5, 5.41) is 0.775. The Morgan fingerprint density at radius 1 is 0.547 bits per heavy atom. The van der Waals surface area contributed by atoms with Crippen LogP contribution in [0, 0.1) is 0 Å². The molecule has 1 heterocycles. The summed E-state index contributed by atoms with van der Waals surface area (Å²) in [5.41, 5.74) is 1.75. The van der Waals surface area contributed by atoms with E-state index in [1.54, 1.807) is 0 Å². The van der Waals surface area contributed by atoms with Gasteiger partial charge in [0.15, 0.2) is 10.3 Å². The maximum atomic E-state index is 12.9. The van der Waals surface area contributed by atoms with Gasteiger partial charge in [0.25, 0.3) is 0 Å². The summed E-state index contributed by atoms with van der Waals surface area (Å²) >= 11 is 2.44. The largest absolute Gasteiger partial charge is 0.462 e. The van der Waals surface area contributed by atoms with Crippen LogP contribution in [0.5, 0.6) is 0 Å². The molecule has 0 spiro atoms. The summed E-state index contributed by atoms with van der Waals surface area (Å²) in [6.07, 6.45) is 21.4. The molecular formula is C43H64N4O4S2. The quantitative estimate of drug-likeness (QED) is 0.0386. The van der Waals surface area contributed by atoms with Gasteiger partial charge in [-0.15, -0.1) is 0 Å². The van der Waals surface area contributed by atoms with E-state index in [1.165, 1.54) is 113 Å². The summed E-state index contributed by atoms with van der Waals surface area (Å²) in [6.45, 7) is 8.41. The molecule has 0 radical (unpaired) electrons. The van der Waals surface area contributed by atoms with Crippen LogP contribution in [-0.2, 0) is 19.1 Å². The number of benzene rings is 2. The highest BCUT2D eigenvalue weighted by Gasteiger charge is 2.20. The lowest BCUT2D eigenvalue weighted by Crippen LogP contribution is -2.18. The minimum absolute atomic E-state index is 0.0737. The lowest BCUT2D eigenvalue weighted by molar-refractivity contribution is -0.146. The van der Waals surface area contributed by atoms with Crippen LogP contribution in [0.1, 0.15) is 143 Å². The van der Waals surface area contributed by atoms with Gasteiger partial charge in [0.2, 0.25) is 5.95 Å². The molecule has 0 N–H and O–H groups in total. The van der Waals surface area contributed by atoms with Gasteiger partial charge in [-0.2, -0.15) is 15.0 Å². The predicted molar refractivity (Wildman–Crippen MR) is 222 cm³/mol.